The number of methoxy groups -OCH3 is 1. The molecule has 1 aromatic rings. The summed E-state index contributed by atoms with van der Waals surface area (Å²) in [7, 11) is 1.54. The Kier molecular flexibility index (Phi) is 6.51. The highest BCUT2D eigenvalue weighted by Gasteiger charge is 2.13. The number of carbonyl (C=O) groups is 2. The number of rotatable bonds is 6. The topological polar surface area (TPSA) is 64.6 Å². The van der Waals surface area contributed by atoms with Crippen LogP contribution in [0.3, 0.4) is 0 Å². The molecule has 0 saturated carbocycles. The van der Waals surface area contributed by atoms with Crippen LogP contribution in [0.2, 0.25) is 0 Å². The molecular weight excluding hydrogens is 326 g/mol. The number of halogens is 1. The lowest BCUT2D eigenvalue weighted by molar-refractivity contribution is -0.124. The Morgan fingerprint density at radius 1 is 1.40 bits per heavy atom. The maximum Gasteiger partial charge on any atom is 0.338 e. The molecule has 0 fully saturated rings. The lowest BCUT2D eigenvalue weighted by Crippen LogP contribution is -2.35. The second kappa shape index (κ2) is 7.89. The van der Waals surface area contributed by atoms with Gasteiger partial charge in [0.1, 0.15) is 5.75 Å². The van der Waals surface area contributed by atoms with Crippen molar-refractivity contribution in [2.45, 2.75) is 26.3 Å². The third-order valence-corrected chi connectivity index (χ3v) is 3.36. The molecule has 1 rings (SSSR count). The van der Waals surface area contributed by atoms with Crippen LogP contribution in [0.15, 0.2) is 22.7 Å². The van der Waals surface area contributed by atoms with E-state index >= 15 is 0 Å². The highest BCUT2D eigenvalue weighted by atomic mass is 79.9. The van der Waals surface area contributed by atoms with Crippen LogP contribution in [0.5, 0.6) is 5.75 Å². The Balaban J connectivity index is 2.55. The maximum absolute atomic E-state index is 11.8. The third-order valence-electron chi connectivity index (χ3n) is 2.74. The number of amides is 1. The predicted octanol–water partition coefficient (Wildman–Crippen LogP) is 2.53. The van der Waals surface area contributed by atoms with Crippen molar-refractivity contribution in [2.75, 3.05) is 13.7 Å². The van der Waals surface area contributed by atoms with Gasteiger partial charge < -0.3 is 14.8 Å². The summed E-state index contributed by atoms with van der Waals surface area (Å²) in [6.45, 7) is 3.57. The summed E-state index contributed by atoms with van der Waals surface area (Å²) in [6.07, 6.45) is 0.825. The van der Waals surface area contributed by atoms with Crippen LogP contribution in [0, 0.1) is 0 Å². The number of nitrogens with one attached hydrogen (secondary N) is 1. The Hall–Kier alpha value is -1.56. The third kappa shape index (κ3) is 4.85. The van der Waals surface area contributed by atoms with E-state index in [-0.39, 0.29) is 18.6 Å². The molecule has 6 heteroatoms. The fraction of sp³-hybridized carbons (Fsp3) is 0.429. The quantitative estimate of drug-likeness (QED) is 0.806. The molecule has 5 nitrogen and oxygen atoms in total. The molecular formula is C14H18BrNO4. The smallest absolute Gasteiger partial charge is 0.338 e. The minimum absolute atomic E-state index is 0.0660. The summed E-state index contributed by atoms with van der Waals surface area (Å²) in [5.74, 6) is -0.232. The van der Waals surface area contributed by atoms with Crippen LogP contribution in [0.4, 0.5) is 0 Å². The van der Waals surface area contributed by atoms with E-state index in [1.54, 1.807) is 18.2 Å². The predicted molar refractivity (Wildman–Crippen MR) is 78.9 cm³/mol. The van der Waals surface area contributed by atoms with E-state index in [1.165, 1.54) is 7.11 Å². The van der Waals surface area contributed by atoms with Gasteiger partial charge in [0.05, 0.1) is 17.1 Å². The summed E-state index contributed by atoms with van der Waals surface area (Å²) in [5, 5.41) is 2.72. The standard InChI is InChI=1S/C14H18BrNO4/c1-4-9(2)16-13(17)8-20-14(18)10-5-6-12(19-3)11(15)7-10/h5-7,9H,4,8H2,1-3H3,(H,16,17)/t9-/m0/s1. The Morgan fingerprint density at radius 3 is 2.65 bits per heavy atom. The lowest BCUT2D eigenvalue weighted by atomic mass is 10.2. The van der Waals surface area contributed by atoms with Crippen LogP contribution < -0.4 is 10.1 Å². The van der Waals surface area contributed by atoms with Crippen LogP contribution in [0.25, 0.3) is 0 Å². The minimum atomic E-state index is -0.548. The zero-order valence-corrected chi connectivity index (χ0v) is 13.3. The second-order valence-electron chi connectivity index (χ2n) is 4.30. The number of esters is 1. The van der Waals surface area contributed by atoms with Gasteiger partial charge in [-0.15, -0.1) is 0 Å². The van der Waals surface area contributed by atoms with Crippen LogP contribution in [-0.4, -0.2) is 31.6 Å². The molecule has 0 aliphatic rings. The molecule has 20 heavy (non-hydrogen) atoms. The number of hydrogen-bond donors (Lipinski definition) is 1. The van der Waals surface area contributed by atoms with Crippen LogP contribution in [0.1, 0.15) is 30.6 Å². The number of benzene rings is 1. The van der Waals surface area contributed by atoms with Gasteiger partial charge in [-0.05, 0) is 47.5 Å². The molecule has 1 atom stereocenters. The molecule has 0 bridgehead atoms. The zero-order chi connectivity index (χ0) is 15.1. The lowest BCUT2D eigenvalue weighted by Gasteiger charge is -2.11. The van der Waals surface area contributed by atoms with Gasteiger partial charge in [-0.3, -0.25) is 4.79 Å². The van der Waals surface area contributed by atoms with E-state index in [0.717, 1.165) is 6.42 Å². The average Bonchev–Trinajstić information content (AvgIpc) is 2.44. The molecule has 0 saturated heterocycles. The van der Waals surface area contributed by atoms with E-state index in [2.05, 4.69) is 21.2 Å². The van der Waals surface area contributed by atoms with E-state index in [0.29, 0.717) is 15.8 Å². The Morgan fingerprint density at radius 2 is 2.10 bits per heavy atom. The molecule has 1 aromatic carbocycles. The normalized spacial score (nSPS) is 11.6. The first-order valence-corrected chi connectivity index (χ1v) is 7.07. The molecule has 1 amide bonds. The van der Waals surface area contributed by atoms with E-state index in [1.807, 2.05) is 13.8 Å². The van der Waals surface area contributed by atoms with Crippen molar-refractivity contribution >= 4 is 27.8 Å². The van der Waals surface area contributed by atoms with Crippen molar-refractivity contribution in [3.8, 4) is 5.75 Å². The first-order chi connectivity index (χ1) is 9.47. The Labute approximate surface area is 126 Å². The summed E-state index contributed by atoms with van der Waals surface area (Å²) >= 11 is 3.29. The maximum atomic E-state index is 11.8. The van der Waals surface area contributed by atoms with E-state index < -0.39 is 5.97 Å². The molecule has 1 N–H and O–H groups in total. The average molecular weight is 344 g/mol. The summed E-state index contributed by atoms with van der Waals surface area (Å²) in [6, 6.07) is 4.89. The minimum Gasteiger partial charge on any atom is -0.496 e. The van der Waals surface area contributed by atoms with Gasteiger partial charge in [0.2, 0.25) is 0 Å². The van der Waals surface area contributed by atoms with Gasteiger partial charge in [-0.25, -0.2) is 4.79 Å². The molecule has 0 aliphatic heterocycles. The number of hydrogen-bond acceptors (Lipinski definition) is 4. The molecule has 0 heterocycles. The first kappa shape index (κ1) is 16.5. The molecule has 110 valence electrons. The van der Waals surface area contributed by atoms with Crippen molar-refractivity contribution in [3.05, 3.63) is 28.2 Å². The van der Waals surface area contributed by atoms with Crippen molar-refractivity contribution < 1.29 is 19.1 Å². The van der Waals surface area contributed by atoms with Crippen molar-refractivity contribution in [3.63, 3.8) is 0 Å². The van der Waals surface area contributed by atoms with Crippen molar-refractivity contribution in [1.29, 1.82) is 0 Å². The zero-order valence-electron chi connectivity index (χ0n) is 11.7. The van der Waals surface area contributed by atoms with Crippen molar-refractivity contribution in [2.24, 2.45) is 0 Å². The van der Waals surface area contributed by atoms with Crippen LogP contribution >= 0.6 is 15.9 Å². The van der Waals surface area contributed by atoms with Crippen molar-refractivity contribution in [1.82, 2.24) is 5.32 Å². The van der Waals surface area contributed by atoms with Gasteiger partial charge in [0.25, 0.3) is 5.91 Å². The monoisotopic (exact) mass is 343 g/mol. The first-order valence-electron chi connectivity index (χ1n) is 6.28. The molecule has 0 unspecified atom stereocenters. The largest absolute Gasteiger partial charge is 0.496 e. The summed E-state index contributed by atoms with van der Waals surface area (Å²) < 4.78 is 10.7. The van der Waals surface area contributed by atoms with Gasteiger partial charge in [0.15, 0.2) is 6.61 Å². The van der Waals surface area contributed by atoms with Gasteiger partial charge in [-0.1, -0.05) is 6.92 Å². The van der Waals surface area contributed by atoms with Gasteiger partial charge >= 0.3 is 5.97 Å². The SMILES string of the molecule is CC[C@H](C)NC(=O)COC(=O)c1ccc(OC)c(Br)c1. The molecule has 0 aliphatic carbocycles. The summed E-state index contributed by atoms with van der Waals surface area (Å²) in [4.78, 5) is 23.3. The van der Waals surface area contributed by atoms with Crippen LogP contribution in [-0.2, 0) is 9.53 Å². The Bertz CT molecular complexity index is 490. The molecule has 0 radical (unpaired) electrons. The van der Waals surface area contributed by atoms with Gasteiger partial charge in [0, 0.05) is 6.04 Å². The number of carbonyl (C=O) groups excluding carboxylic acids is 2. The molecule has 0 spiro atoms. The van der Waals surface area contributed by atoms with E-state index in [9.17, 15) is 9.59 Å². The van der Waals surface area contributed by atoms with Gasteiger partial charge in [-0.2, -0.15) is 0 Å². The summed E-state index contributed by atoms with van der Waals surface area (Å²) in [5.41, 5.74) is 0.356. The fourth-order valence-electron chi connectivity index (χ4n) is 1.43. The fourth-order valence-corrected chi connectivity index (χ4v) is 1.97. The highest BCUT2D eigenvalue weighted by molar-refractivity contribution is 9.10. The second-order valence-corrected chi connectivity index (χ2v) is 5.16. The number of ether oxygens (including phenoxy) is 2. The highest BCUT2D eigenvalue weighted by Crippen LogP contribution is 2.25. The molecule has 0 aromatic heterocycles. The van der Waals surface area contributed by atoms with E-state index in [4.69, 9.17) is 9.47 Å².